The van der Waals surface area contributed by atoms with E-state index in [1.54, 1.807) is 4.68 Å². The maximum atomic E-state index is 10.9. The van der Waals surface area contributed by atoms with E-state index in [0.29, 0.717) is 6.54 Å². The Kier molecular flexibility index (Phi) is 2.88. The van der Waals surface area contributed by atoms with Crippen LogP contribution in [-0.2, 0) is 6.54 Å². The SMILES string of the molecule is Cc1nc(N2CC3CC3C2)ncc1Cn1cc(C(=O)O)cn1. The van der Waals surface area contributed by atoms with E-state index in [0.717, 1.165) is 42.1 Å². The van der Waals surface area contributed by atoms with Crippen molar-refractivity contribution in [1.29, 1.82) is 0 Å². The highest BCUT2D eigenvalue weighted by molar-refractivity contribution is 5.86. The molecule has 2 aromatic rings. The fraction of sp³-hybridized carbons (Fsp3) is 0.467. The van der Waals surface area contributed by atoms with E-state index >= 15 is 0 Å². The fourth-order valence-corrected chi connectivity index (χ4v) is 3.08. The third-order valence-electron chi connectivity index (χ3n) is 4.54. The molecule has 2 atom stereocenters. The summed E-state index contributed by atoms with van der Waals surface area (Å²) in [5.74, 6) is 1.53. The fourth-order valence-electron chi connectivity index (χ4n) is 3.08. The second-order valence-corrected chi connectivity index (χ2v) is 6.17. The standard InChI is InChI=1S/C15H17N5O2/c1-9-12(7-20-8-13(4-17-20)14(21)22)3-16-15(18-9)19-5-10-2-11(10)6-19/h3-4,8,10-11H,2,5-7H2,1H3,(H,21,22). The zero-order chi connectivity index (χ0) is 15.3. The summed E-state index contributed by atoms with van der Waals surface area (Å²) in [5, 5.41) is 13.0. The highest BCUT2D eigenvalue weighted by Gasteiger charge is 2.45. The van der Waals surface area contributed by atoms with Gasteiger partial charge in [-0.3, -0.25) is 4.68 Å². The number of fused-ring (bicyclic) bond motifs is 1. The molecule has 0 amide bonds. The molecule has 114 valence electrons. The van der Waals surface area contributed by atoms with Gasteiger partial charge in [0.2, 0.25) is 5.95 Å². The summed E-state index contributed by atoms with van der Waals surface area (Å²) in [6.45, 7) is 4.58. The molecule has 1 N–H and O–H groups in total. The highest BCUT2D eigenvalue weighted by Crippen LogP contribution is 2.45. The van der Waals surface area contributed by atoms with Gasteiger partial charge in [0.1, 0.15) is 0 Å². The molecule has 22 heavy (non-hydrogen) atoms. The van der Waals surface area contributed by atoms with E-state index in [2.05, 4.69) is 20.0 Å². The van der Waals surface area contributed by atoms with Crippen LogP contribution in [0.5, 0.6) is 0 Å². The minimum absolute atomic E-state index is 0.187. The Morgan fingerprint density at radius 3 is 2.77 bits per heavy atom. The lowest BCUT2D eigenvalue weighted by atomic mass is 10.2. The van der Waals surface area contributed by atoms with Crippen molar-refractivity contribution >= 4 is 11.9 Å². The first-order valence-electron chi connectivity index (χ1n) is 7.43. The maximum absolute atomic E-state index is 10.9. The molecule has 1 aliphatic carbocycles. The van der Waals surface area contributed by atoms with Gasteiger partial charge >= 0.3 is 5.97 Å². The lowest BCUT2D eigenvalue weighted by Gasteiger charge is -2.18. The number of hydrogen-bond donors (Lipinski definition) is 1. The van der Waals surface area contributed by atoms with Crippen LogP contribution in [0.25, 0.3) is 0 Å². The summed E-state index contributed by atoms with van der Waals surface area (Å²) in [6, 6.07) is 0. The molecule has 4 rings (SSSR count). The van der Waals surface area contributed by atoms with Crippen molar-refractivity contribution in [3.05, 3.63) is 35.4 Å². The predicted molar refractivity (Wildman–Crippen MR) is 78.9 cm³/mol. The number of rotatable bonds is 4. The van der Waals surface area contributed by atoms with E-state index in [1.165, 1.54) is 18.8 Å². The third-order valence-corrected chi connectivity index (χ3v) is 4.54. The number of nitrogens with zero attached hydrogens (tertiary/aromatic N) is 5. The first-order chi connectivity index (χ1) is 10.6. The molecule has 2 aromatic heterocycles. The molecule has 0 radical (unpaired) electrons. The van der Waals surface area contributed by atoms with Crippen molar-refractivity contribution in [1.82, 2.24) is 19.7 Å². The smallest absolute Gasteiger partial charge is 0.338 e. The van der Waals surface area contributed by atoms with Crippen molar-refractivity contribution in [3.63, 3.8) is 0 Å². The molecule has 0 aromatic carbocycles. The Balaban J connectivity index is 1.50. The Hall–Kier alpha value is -2.44. The number of carboxylic acid groups (broad SMARTS) is 1. The minimum Gasteiger partial charge on any atom is -0.478 e. The first kappa shape index (κ1) is 13.2. The van der Waals surface area contributed by atoms with Gasteiger partial charge in [-0.25, -0.2) is 14.8 Å². The van der Waals surface area contributed by atoms with Crippen LogP contribution in [0.1, 0.15) is 28.0 Å². The average molecular weight is 299 g/mol. The Labute approximate surface area is 127 Å². The summed E-state index contributed by atoms with van der Waals surface area (Å²) in [7, 11) is 0. The second-order valence-electron chi connectivity index (χ2n) is 6.17. The number of aromatic nitrogens is 4. The molecular formula is C15H17N5O2. The topological polar surface area (TPSA) is 84.1 Å². The maximum Gasteiger partial charge on any atom is 0.338 e. The second kappa shape index (κ2) is 4.79. The Morgan fingerprint density at radius 2 is 2.14 bits per heavy atom. The van der Waals surface area contributed by atoms with Gasteiger partial charge in [0.15, 0.2) is 0 Å². The van der Waals surface area contributed by atoms with Crippen LogP contribution >= 0.6 is 0 Å². The highest BCUT2D eigenvalue weighted by atomic mass is 16.4. The van der Waals surface area contributed by atoms with Crippen molar-refractivity contribution in [2.75, 3.05) is 18.0 Å². The molecule has 7 nitrogen and oxygen atoms in total. The van der Waals surface area contributed by atoms with Crippen LogP contribution in [-0.4, -0.2) is 43.9 Å². The Bertz CT molecular complexity index is 731. The number of anilines is 1. The van der Waals surface area contributed by atoms with Crippen molar-refractivity contribution in [2.24, 2.45) is 11.8 Å². The molecule has 2 unspecified atom stereocenters. The van der Waals surface area contributed by atoms with Gasteiger partial charge in [0, 0.05) is 36.7 Å². The normalized spacial score (nSPS) is 22.7. The van der Waals surface area contributed by atoms with Crippen LogP contribution in [0.15, 0.2) is 18.6 Å². The molecule has 2 fully saturated rings. The van der Waals surface area contributed by atoms with Gasteiger partial charge in [-0.2, -0.15) is 5.10 Å². The monoisotopic (exact) mass is 299 g/mol. The summed E-state index contributed by atoms with van der Waals surface area (Å²) in [5.41, 5.74) is 2.05. The van der Waals surface area contributed by atoms with Crippen LogP contribution in [0.2, 0.25) is 0 Å². The lowest BCUT2D eigenvalue weighted by Crippen LogP contribution is -2.24. The summed E-state index contributed by atoms with van der Waals surface area (Å²) in [4.78, 5) is 22.2. The van der Waals surface area contributed by atoms with Crippen LogP contribution in [0.3, 0.4) is 0 Å². The van der Waals surface area contributed by atoms with Gasteiger partial charge in [0.05, 0.1) is 18.3 Å². The van der Waals surface area contributed by atoms with E-state index in [4.69, 9.17) is 5.11 Å². The van der Waals surface area contributed by atoms with E-state index in [1.807, 2.05) is 13.1 Å². The summed E-state index contributed by atoms with van der Waals surface area (Å²) in [6.07, 6.45) is 6.05. The Morgan fingerprint density at radius 1 is 1.36 bits per heavy atom. The van der Waals surface area contributed by atoms with Crippen molar-refractivity contribution in [3.8, 4) is 0 Å². The van der Waals surface area contributed by atoms with E-state index in [9.17, 15) is 4.79 Å². The molecule has 1 saturated heterocycles. The number of aromatic carboxylic acids is 1. The molecule has 0 bridgehead atoms. The van der Waals surface area contributed by atoms with E-state index < -0.39 is 5.97 Å². The summed E-state index contributed by atoms with van der Waals surface area (Å²) >= 11 is 0. The molecule has 3 heterocycles. The average Bonchev–Trinajstić information content (AvgIpc) is 2.89. The zero-order valence-corrected chi connectivity index (χ0v) is 12.3. The third kappa shape index (κ3) is 2.32. The number of piperidine rings is 1. The molecular weight excluding hydrogens is 282 g/mol. The number of aryl methyl sites for hydroxylation is 1. The largest absolute Gasteiger partial charge is 0.478 e. The van der Waals surface area contributed by atoms with Crippen molar-refractivity contribution < 1.29 is 9.90 Å². The quantitative estimate of drug-likeness (QED) is 0.912. The van der Waals surface area contributed by atoms with Crippen LogP contribution in [0, 0.1) is 18.8 Å². The van der Waals surface area contributed by atoms with Gasteiger partial charge in [-0.15, -0.1) is 0 Å². The van der Waals surface area contributed by atoms with Crippen LogP contribution < -0.4 is 4.90 Å². The molecule has 1 saturated carbocycles. The molecule has 0 spiro atoms. The number of carboxylic acids is 1. The first-order valence-corrected chi connectivity index (χ1v) is 7.43. The summed E-state index contributed by atoms with van der Waals surface area (Å²) < 4.78 is 1.60. The number of hydrogen-bond acceptors (Lipinski definition) is 5. The van der Waals surface area contributed by atoms with E-state index in [-0.39, 0.29) is 5.56 Å². The minimum atomic E-state index is -0.970. The lowest BCUT2D eigenvalue weighted by molar-refractivity contribution is 0.0697. The molecule has 2 aliphatic rings. The number of carbonyl (C=O) groups is 1. The van der Waals surface area contributed by atoms with Gasteiger partial charge in [0.25, 0.3) is 0 Å². The molecule has 7 heteroatoms. The van der Waals surface area contributed by atoms with Crippen molar-refractivity contribution in [2.45, 2.75) is 19.9 Å². The molecule has 1 aliphatic heterocycles. The predicted octanol–water partition coefficient (Wildman–Crippen LogP) is 1.18. The van der Waals surface area contributed by atoms with Crippen LogP contribution in [0.4, 0.5) is 5.95 Å². The van der Waals surface area contributed by atoms with Gasteiger partial charge < -0.3 is 10.0 Å². The van der Waals surface area contributed by atoms with Gasteiger partial charge in [-0.1, -0.05) is 0 Å². The zero-order valence-electron chi connectivity index (χ0n) is 12.3. The van der Waals surface area contributed by atoms with Gasteiger partial charge in [-0.05, 0) is 25.2 Å².